The van der Waals surface area contributed by atoms with Gasteiger partial charge in [-0.2, -0.15) is 0 Å². The van der Waals surface area contributed by atoms with Crippen molar-refractivity contribution in [3.8, 4) is 0 Å². The summed E-state index contributed by atoms with van der Waals surface area (Å²) in [5.41, 5.74) is 4.69. The highest BCUT2D eigenvalue weighted by Gasteiger charge is 2.27. The van der Waals surface area contributed by atoms with E-state index in [0.717, 1.165) is 36.3 Å². The van der Waals surface area contributed by atoms with Gasteiger partial charge in [0.1, 0.15) is 6.54 Å². The minimum Gasteiger partial charge on any atom is -0.350 e. The van der Waals surface area contributed by atoms with Crippen LogP contribution >= 0.6 is 0 Å². The second-order valence-electron chi connectivity index (χ2n) is 9.19. The van der Waals surface area contributed by atoms with Crippen LogP contribution in [0, 0.1) is 13.8 Å². The van der Waals surface area contributed by atoms with Gasteiger partial charge in [0.2, 0.25) is 5.91 Å². The van der Waals surface area contributed by atoms with Gasteiger partial charge in [-0.25, -0.2) is 8.42 Å². The molecule has 1 fully saturated rings. The van der Waals surface area contributed by atoms with Gasteiger partial charge in [0.25, 0.3) is 10.0 Å². The summed E-state index contributed by atoms with van der Waals surface area (Å²) in [5, 5.41) is 2.94. The van der Waals surface area contributed by atoms with Crippen LogP contribution in [-0.4, -0.2) is 38.9 Å². The highest BCUT2D eigenvalue weighted by molar-refractivity contribution is 7.92. The SMILES string of the molecule is Cc1ccc(N(CC(=O)NCc2ccccc2CN2CCCC2)S(=O)(=O)c2ccc(C)cc2)cc1. The Bertz CT molecular complexity index is 1250. The number of carbonyl (C=O) groups excluding carboxylic acids is 1. The third-order valence-corrected chi connectivity index (χ3v) is 8.19. The summed E-state index contributed by atoms with van der Waals surface area (Å²) in [5.74, 6) is -0.350. The Kier molecular flexibility index (Phi) is 7.88. The fourth-order valence-corrected chi connectivity index (χ4v) is 5.73. The normalized spacial score (nSPS) is 14.1. The van der Waals surface area contributed by atoms with E-state index >= 15 is 0 Å². The number of hydrogen-bond acceptors (Lipinski definition) is 4. The molecule has 0 aromatic heterocycles. The van der Waals surface area contributed by atoms with Crippen molar-refractivity contribution in [2.75, 3.05) is 23.9 Å². The Morgan fingerprint density at radius 2 is 1.43 bits per heavy atom. The molecule has 1 saturated heterocycles. The third kappa shape index (κ3) is 6.29. The van der Waals surface area contributed by atoms with E-state index in [1.54, 1.807) is 36.4 Å². The van der Waals surface area contributed by atoms with Crippen LogP contribution in [0.3, 0.4) is 0 Å². The molecular formula is C28H33N3O3S. The second-order valence-corrected chi connectivity index (χ2v) is 11.1. The smallest absolute Gasteiger partial charge is 0.264 e. The van der Waals surface area contributed by atoms with E-state index < -0.39 is 10.0 Å². The van der Waals surface area contributed by atoms with E-state index in [1.807, 2.05) is 44.2 Å². The molecule has 35 heavy (non-hydrogen) atoms. The van der Waals surface area contributed by atoms with Gasteiger partial charge >= 0.3 is 0 Å². The predicted octanol–water partition coefficient (Wildman–Crippen LogP) is 4.41. The van der Waals surface area contributed by atoms with Gasteiger partial charge in [-0.05, 0) is 75.2 Å². The maximum Gasteiger partial charge on any atom is 0.264 e. The number of aryl methyl sites for hydroxylation is 2. The minimum absolute atomic E-state index is 0.160. The maximum absolute atomic E-state index is 13.5. The quantitative estimate of drug-likeness (QED) is 0.481. The number of amides is 1. The average Bonchev–Trinajstić information content (AvgIpc) is 3.36. The van der Waals surface area contributed by atoms with Crippen LogP contribution in [0.25, 0.3) is 0 Å². The lowest BCUT2D eigenvalue weighted by molar-refractivity contribution is -0.119. The van der Waals surface area contributed by atoms with Gasteiger partial charge in [-0.15, -0.1) is 0 Å². The maximum atomic E-state index is 13.5. The Morgan fingerprint density at radius 3 is 2.06 bits per heavy atom. The summed E-state index contributed by atoms with van der Waals surface area (Å²) in [4.78, 5) is 15.6. The number of anilines is 1. The molecule has 1 amide bonds. The van der Waals surface area contributed by atoms with Gasteiger partial charge in [0.15, 0.2) is 0 Å². The first kappa shape index (κ1) is 24.9. The number of benzene rings is 3. The predicted molar refractivity (Wildman–Crippen MR) is 140 cm³/mol. The van der Waals surface area contributed by atoms with Crippen molar-refractivity contribution >= 4 is 21.6 Å². The van der Waals surface area contributed by atoms with Crippen molar-refractivity contribution in [2.24, 2.45) is 0 Å². The van der Waals surface area contributed by atoms with Gasteiger partial charge in [0, 0.05) is 13.1 Å². The molecule has 1 aliphatic rings. The van der Waals surface area contributed by atoms with Crippen molar-refractivity contribution < 1.29 is 13.2 Å². The second kappa shape index (κ2) is 11.1. The van der Waals surface area contributed by atoms with Crippen molar-refractivity contribution in [3.63, 3.8) is 0 Å². The summed E-state index contributed by atoms with van der Waals surface area (Å²) in [6.07, 6.45) is 2.45. The first-order valence-corrected chi connectivity index (χ1v) is 13.5. The molecule has 4 rings (SSSR count). The van der Waals surface area contributed by atoms with Crippen molar-refractivity contribution in [2.45, 2.75) is 44.7 Å². The van der Waals surface area contributed by atoms with Crippen LogP contribution in [0.5, 0.6) is 0 Å². The van der Waals surface area contributed by atoms with Crippen LogP contribution in [0.1, 0.15) is 35.1 Å². The Morgan fingerprint density at radius 1 is 0.857 bits per heavy atom. The van der Waals surface area contributed by atoms with Gasteiger partial charge in [-0.1, -0.05) is 59.7 Å². The summed E-state index contributed by atoms with van der Waals surface area (Å²) in [7, 11) is -3.92. The van der Waals surface area contributed by atoms with Crippen LogP contribution in [0.15, 0.2) is 77.7 Å². The topological polar surface area (TPSA) is 69.7 Å². The fraction of sp³-hybridized carbons (Fsp3) is 0.321. The Hall–Kier alpha value is -3.16. The highest BCUT2D eigenvalue weighted by Crippen LogP contribution is 2.24. The number of sulfonamides is 1. The molecule has 0 spiro atoms. The molecule has 184 valence electrons. The molecular weight excluding hydrogens is 458 g/mol. The van der Waals surface area contributed by atoms with Gasteiger partial charge in [0.05, 0.1) is 10.6 Å². The summed E-state index contributed by atoms with van der Waals surface area (Å²) in [6.45, 7) is 6.97. The lowest BCUT2D eigenvalue weighted by atomic mass is 10.1. The molecule has 0 unspecified atom stereocenters. The first-order chi connectivity index (χ1) is 16.8. The number of hydrogen-bond donors (Lipinski definition) is 1. The lowest BCUT2D eigenvalue weighted by Crippen LogP contribution is -2.40. The summed E-state index contributed by atoms with van der Waals surface area (Å²) in [6, 6.07) is 22.0. The summed E-state index contributed by atoms with van der Waals surface area (Å²) >= 11 is 0. The van der Waals surface area contributed by atoms with Gasteiger partial charge in [-0.3, -0.25) is 14.0 Å². The average molecular weight is 492 g/mol. The zero-order chi connectivity index (χ0) is 24.8. The van der Waals surface area contributed by atoms with Crippen molar-refractivity contribution in [3.05, 3.63) is 95.1 Å². The van der Waals surface area contributed by atoms with Crippen molar-refractivity contribution in [1.29, 1.82) is 0 Å². The van der Waals surface area contributed by atoms with E-state index in [0.29, 0.717) is 12.2 Å². The zero-order valence-electron chi connectivity index (χ0n) is 20.4. The zero-order valence-corrected chi connectivity index (χ0v) is 21.2. The van der Waals surface area contributed by atoms with E-state index in [-0.39, 0.29) is 17.3 Å². The van der Waals surface area contributed by atoms with Crippen LogP contribution in [-0.2, 0) is 27.9 Å². The molecule has 6 nitrogen and oxygen atoms in total. The molecule has 3 aromatic carbocycles. The van der Waals surface area contributed by atoms with E-state index in [1.165, 1.54) is 22.7 Å². The fourth-order valence-electron chi connectivity index (χ4n) is 4.31. The standard InChI is InChI=1S/C28H33N3O3S/c1-22-9-13-26(14-10-22)31(35(33,34)27-15-11-23(2)12-16-27)21-28(32)29-19-24-7-3-4-8-25(24)20-30-17-5-6-18-30/h3-4,7-16H,5-6,17-21H2,1-2H3,(H,29,32). The van der Waals surface area contributed by atoms with Crippen molar-refractivity contribution in [1.82, 2.24) is 10.2 Å². The number of rotatable bonds is 9. The number of likely N-dealkylation sites (tertiary alicyclic amines) is 1. The molecule has 0 radical (unpaired) electrons. The molecule has 1 N–H and O–H groups in total. The largest absolute Gasteiger partial charge is 0.350 e. The first-order valence-electron chi connectivity index (χ1n) is 12.0. The van der Waals surface area contributed by atoms with Crippen LogP contribution in [0.2, 0.25) is 0 Å². The minimum atomic E-state index is -3.92. The van der Waals surface area contributed by atoms with E-state index in [4.69, 9.17) is 0 Å². The Balaban J connectivity index is 1.51. The van der Waals surface area contributed by atoms with E-state index in [9.17, 15) is 13.2 Å². The highest BCUT2D eigenvalue weighted by atomic mass is 32.2. The molecule has 0 bridgehead atoms. The molecule has 0 saturated carbocycles. The molecule has 0 aliphatic carbocycles. The molecule has 1 aliphatic heterocycles. The van der Waals surface area contributed by atoms with Crippen LogP contribution in [0.4, 0.5) is 5.69 Å². The third-order valence-electron chi connectivity index (χ3n) is 6.41. The van der Waals surface area contributed by atoms with Crippen LogP contribution < -0.4 is 9.62 Å². The number of nitrogens with zero attached hydrogens (tertiary/aromatic N) is 2. The lowest BCUT2D eigenvalue weighted by Gasteiger charge is -2.24. The molecule has 0 atom stereocenters. The van der Waals surface area contributed by atoms with E-state index in [2.05, 4.69) is 16.3 Å². The molecule has 1 heterocycles. The van der Waals surface area contributed by atoms with Gasteiger partial charge < -0.3 is 5.32 Å². The Labute approximate surface area is 208 Å². The number of nitrogens with one attached hydrogen (secondary N) is 1. The molecule has 7 heteroatoms. The molecule has 3 aromatic rings. The number of carbonyl (C=O) groups is 1. The monoisotopic (exact) mass is 491 g/mol. The summed E-state index contributed by atoms with van der Waals surface area (Å²) < 4.78 is 28.2.